The number of nitrogens with one attached hydrogen (secondary N) is 1. The first-order chi connectivity index (χ1) is 12.0. The second-order valence-corrected chi connectivity index (χ2v) is 6.33. The molecule has 2 amide bonds. The third-order valence-electron chi connectivity index (χ3n) is 4.29. The van der Waals surface area contributed by atoms with Crippen LogP contribution >= 0.6 is 0 Å². The van der Waals surface area contributed by atoms with Crippen LogP contribution in [0.1, 0.15) is 36.5 Å². The van der Waals surface area contributed by atoms with Gasteiger partial charge in [-0.3, -0.25) is 14.5 Å². The number of likely N-dealkylation sites (N-methyl/N-ethyl adjacent to an activating group) is 1. The van der Waals surface area contributed by atoms with Gasteiger partial charge in [-0.25, -0.2) is 4.98 Å². The number of carbonyl (C=O) groups is 2. The topological polar surface area (TPSA) is 74.8 Å². The van der Waals surface area contributed by atoms with E-state index in [9.17, 15) is 9.59 Å². The molecule has 0 aliphatic carbocycles. The van der Waals surface area contributed by atoms with Crippen molar-refractivity contribution in [3.63, 3.8) is 0 Å². The number of hydrogen-bond acceptors (Lipinski definition) is 5. The molecular formula is C18H28N4O3. The smallest absolute Gasteiger partial charge is 0.256 e. The van der Waals surface area contributed by atoms with Gasteiger partial charge in [0.2, 0.25) is 11.8 Å². The van der Waals surface area contributed by atoms with E-state index in [2.05, 4.69) is 15.2 Å². The minimum absolute atomic E-state index is 0.0198. The maximum absolute atomic E-state index is 12.3. The monoisotopic (exact) mass is 348 g/mol. The molecule has 1 aromatic heterocycles. The zero-order chi connectivity index (χ0) is 18.2. The molecule has 1 atom stereocenters. The van der Waals surface area contributed by atoms with Crippen molar-refractivity contribution in [1.29, 1.82) is 0 Å². The highest BCUT2D eigenvalue weighted by atomic mass is 16.5. The van der Waals surface area contributed by atoms with Crippen LogP contribution in [0.4, 0.5) is 0 Å². The number of amides is 2. The van der Waals surface area contributed by atoms with Crippen molar-refractivity contribution in [1.82, 2.24) is 20.1 Å². The summed E-state index contributed by atoms with van der Waals surface area (Å²) in [6.07, 6.45) is 4.37. The van der Waals surface area contributed by atoms with Gasteiger partial charge in [0.25, 0.3) is 5.91 Å². The van der Waals surface area contributed by atoms with E-state index in [0.29, 0.717) is 24.6 Å². The van der Waals surface area contributed by atoms with E-state index in [1.807, 2.05) is 6.92 Å². The van der Waals surface area contributed by atoms with E-state index in [1.54, 1.807) is 37.3 Å². The lowest BCUT2D eigenvalue weighted by molar-refractivity contribution is -0.133. The van der Waals surface area contributed by atoms with E-state index >= 15 is 0 Å². The molecule has 2 rings (SSSR count). The highest BCUT2D eigenvalue weighted by Gasteiger charge is 2.31. The lowest BCUT2D eigenvalue weighted by Gasteiger charge is -2.26. The molecule has 1 aliphatic rings. The van der Waals surface area contributed by atoms with Gasteiger partial charge in [0.15, 0.2) is 0 Å². The van der Waals surface area contributed by atoms with Gasteiger partial charge in [-0.2, -0.15) is 0 Å². The number of hydrogen-bond donors (Lipinski definition) is 1. The molecule has 0 spiro atoms. The van der Waals surface area contributed by atoms with Crippen molar-refractivity contribution in [3.05, 3.63) is 23.9 Å². The van der Waals surface area contributed by atoms with Crippen LogP contribution in [0.15, 0.2) is 18.3 Å². The molecule has 1 fully saturated rings. The second-order valence-electron chi connectivity index (χ2n) is 6.33. The highest BCUT2D eigenvalue weighted by molar-refractivity contribution is 5.96. The first-order valence-electron chi connectivity index (χ1n) is 8.85. The van der Waals surface area contributed by atoms with Crippen LogP contribution in [-0.2, 0) is 4.79 Å². The average Bonchev–Trinajstić information content (AvgIpc) is 3.07. The predicted octanol–water partition coefficient (Wildman–Crippen LogP) is 1.15. The molecular weight excluding hydrogens is 320 g/mol. The first kappa shape index (κ1) is 19.2. The molecule has 1 N–H and O–H groups in total. The molecule has 1 saturated heterocycles. The number of nitrogens with zero attached hydrogens (tertiary/aromatic N) is 3. The molecule has 7 nitrogen and oxygen atoms in total. The first-order valence-corrected chi connectivity index (χ1v) is 8.85. The maximum atomic E-state index is 12.3. The third-order valence-corrected chi connectivity index (χ3v) is 4.29. The highest BCUT2D eigenvalue weighted by Crippen LogP contribution is 2.19. The standard InChI is InChI=1S/C18H28N4O3/c1-4-25-17-14(8-5-10-20-17)16(23)19-11-7-13-22-12-6-9-15(22)18(24)21(2)3/h5,8,10,15H,4,6-7,9,11-13H2,1-3H3,(H,19,23)/t15-/m0/s1. The third kappa shape index (κ3) is 5.16. The fourth-order valence-corrected chi connectivity index (χ4v) is 3.07. The lowest BCUT2D eigenvalue weighted by atomic mass is 10.2. The van der Waals surface area contributed by atoms with Crippen LogP contribution in [0, 0.1) is 0 Å². The van der Waals surface area contributed by atoms with E-state index in [4.69, 9.17) is 4.74 Å². The van der Waals surface area contributed by atoms with Gasteiger partial charge in [0.1, 0.15) is 5.56 Å². The predicted molar refractivity (Wildman–Crippen MR) is 95.6 cm³/mol. The van der Waals surface area contributed by atoms with E-state index in [0.717, 1.165) is 32.4 Å². The van der Waals surface area contributed by atoms with Crippen molar-refractivity contribution in [3.8, 4) is 5.88 Å². The summed E-state index contributed by atoms with van der Waals surface area (Å²) in [6.45, 7) is 4.62. The summed E-state index contributed by atoms with van der Waals surface area (Å²) >= 11 is 0. The lowest BCUT2D eigenvalue weighted by Crippen LogP contribution is -2.43. The summed E-state index contributed by atoms with van der Waals surface area (Å²) in [5.74, 6) is 0.343. The Kier molecular flexibility index (Phi) is 7.18. The summed E-state index contributed by atoms with van der Waals surface area (Å²) in [5, 5.41) is 2.91. The summed E-state index contributed by atoms with van der Waals surface area (Å²) < 4.78 is 5.39. The largest absolute Gasteiger partial charge is 0.477 e. The molecule has 1 aromatic rings. The number of aromatic nitrogens is 1. The van der Waals surface area contributed by atoms with Crippen molar-refractivity contribution in [2.75, 3.05) is 40.3 Å². The van der Waals surface area contributed by atoms with Crippen LogP contribution in [0.2, 0.25) is 0 Å². The van der Waals surface area contributed by atoms with Gasteiger partial charge in [0.05, 0.1) is 12.6 Å². The quantitative estimate of drug-likeness (QED) is 0.714. The zero-order valence-corrected chi connectivity index (χ0v) is 15.3. The Bertz CT molecular complexity index is 591. The Morgan fingerprint density at radius 2 is 2.24 bits per heavy atom. The van der Waals surface area contributed by atoms with Crippen molar-refractivity contribution < 1.29 is 14.3 Å². The van der Waals surface area contributed by atoms with Crippen LogP contribution in [0.25, 0.3) is 0 Å². The summed E-state index contributed by atoms with van der Waals surface area (Å²) in [6, 6.07) is 3.41. The zero-order valence-electron chi connectivity index (χ0n) is 15.3. The number of ether oxygens (including phenoxy) is 1. The van der Waals surface area contributed by atoms with Crippen molar-refractivity contribution >= 4 is 11.8 Å². The Labute approximate surface area is 149 Å². The Morgan fingerprint density at radius 3 is 2.96 bits per heavy atom. The summed E-state index contributed by atoms with van der Waals surface area (Å²) in [7, 11) is 3.59. The molecule has 25 heavy (non-hydrogen) atoms. The molecule has 2 heterocycles. The van der Waals surface area contributed by atoms with E-state index in [-0.39, 0.29) is 17.9 Å². The number of pyridine rings is 1. The van der Waals surface area contributed by atoms with E-state index < -0.39 is 0 Å². The normalized spacial score (nSPS) is 17.3. The molecule has 0 unspecified atom stereocenters. The Hall–Kier alpha value is -2.15. The summed E-state index contributed by atoms with van der Waals surface area (Å²) in [5.41, 5.74) is 0.450. The van der Waals surface area contributed by atoms with Gasteiger partial charge in [-0.05, 0) is 44.9 Å². The van der Waals surface area contributed by atoms with Crippen LogP contribution in [0.3, 0.4) is 0 Å². The van der Waals surface area contributed by atoms with Gasteiger partial charge >= 0.3 is 0 Å². The number of carbonyl (C=O) groups excluding carboxylic acids is 2. The minimum atomic E-state index is -0.182. The SMILES string of the molecule is CCOc1ncccc1C(=O)NCCCN1CCC[C@H]1C(=O)N(C)C. The minimum Gasteiger partial charge on any atom is -0.477 e. The van der Waals surface area contributed by atoms with Crippen molar-refractivity contribution in [2.45, 2.75) is 32.2 Å². The molecule has 0 aromatic carbocycles. The molecule has 0 bridgehead atoms. The Balaban J connectivity index is 1.79. The van der Waals surface area contributed by atoms with Gasteiger partial charge in [-0.15, -0.1) is 0 Å². The molecule has 7 heteroatoms. The fourth-order valence-electron chi connectivity index (χ4n) is 3.07. The van der Waals surface area contributed by atoms with Gasteiger partial charge < -0.3 is 15.0 Å². The Morgan fingerprint density at radius 1 is 1.44 bits per heavy atom. The molecule has 138 valence electrons. The number of likely N-dealkylation sites (tertiary alicyclic amines) is 1. The molecule has 0 saturated carbocycles. The molecule has 0 radical (unpaired) electrons. The van der Waals surface area contributed by atoms with Gasteiger partial charge in [0, 0.05) is 33.4 Å². The maximum Gasteiger partial charge on any atom is 0.256 e. The number of rotatable bonds is 8. The van der Waals surface area contributed by atoms with E-state index in [1.165, 1.54) is 0 Å². The van der Waals surface area contributed by atoms with Crippen LogP contribution in [-0.4, -0.2) is 73.0 Å². The summed E-state index contributed by atoms with van der Waals surface area (Å²) in [4.78, 5) is 32.4. The van der Waals surface area contributed by atoms with Gasteiger partial charge in [-0.1, -0.05) is 0 Å². The fraction of sp³-hybridized carbons (Fsp3) is 0.611. The molecule has 1 aliphatic heterocycles. The van der Waals surface area contributed by atoms with Crippen LogP contribution < -0.4 is 10.1 Å². The second kappa shape index (κ2) is 9.36. The average molecular weight is 348 g/mol. The van der Waals surface area contributed by atoms with Crippen LogP contribution in [0.5, 0.6) is 5.88 Å². The van der Waals surface area contributed by atoms with Crippen molar-refractivity contribution in [2.24, 2.45) is 0 Å².